The fraction of sp³-hybridized carbons (Fsp3) is 0.750. The average Bonchev–Trinajstić information content (AvgIpc) is 3.01. The minimum Gasteiger partial charge on any atom is -0.299 e. The average molecular weight is 260 g/mol. The molecule has 3 heteroatoms. The van der Waals surface area contributed by atoms with E-state index in [0.717, 1.165) is 35.2 Å². The van der Waals surface area contributed by atoms with Gasteiger partial charge in [-0.05, 0) is 50.9 Å². The largest absolute Gasteiger partial charge is 0.299 e. The van der Waals surface area contributed by atoms with E-state index in [4.69, 9.17) is 0 Å². The van der Waals surface area contributed by atoms with Gasteiger partial charge < -0.3 is 0 Å². The van der Waals surface area contributed by atoms with Crippen molar-refractivity contribution in [3.8, 4) is 0 Å². The lowest BCUT2D eigenvalue weighted by atomic mass is 9.84. The molecular weight excluding hydrogens is 236 g/mol. The van der Waals surface area contributed by atoms with Crippen molar-refractivity contribution in [1.82, 2.24) is 9.78 Å². The van der Waals surface area contributed by atoms with Gasteiger partial charge in [0.05, 0.1) is 5.69 Å². The van der Waals surface area contributed by atoms with Gasteiger partial charge in [-0.2, -0.15) is 5.10 Å². The Morgan fingerprint density at radius 1 is 1.32 bits per heavy atom. The lowest BCUT2D eigenvalue weighted by Crippen LogP contribution is -2.16. The molecule has 0 amide bonds. The standard InChI is InChI=1S/C16H24N2O/c1-10-16(11(2)18(3)17-10)9-15(19)8-14-7-12-4-5-13(14)6-12/h12-14H,4-9H2,1-3H3. The number of Topliss-reactive ketones (excluding diaryl/α,β-unsaturated/α-hetero) is 1. The molecular formula is C16H24N2O. The van der Waals surface area contributed by atoms with Crippen molar-refractivity contribution in [3.05, 3.63) is 17.0 Å². The third kappa shape index (κ3) is 2.35. The second-order valence-electron chi connectivity index (χ2n) is 6.63. The number of aromatic nitrogens is 2. The third-order valence-electron chi connectivity index (χ3n) is 5.41. The van der Waals surface area contributed by atoms with Crippen LogP contribution in [0.25, 0.3) is 0 Å². The Balaban J connectivity index is 1.62. The van der Waals surface area contributed by atoms with Crippen LogP contribution >= 0.6 is 0 Å². The Hall–Kier alpha value is -1.12. The molecule has 3 nitrogen and oxygen atoms in total. The van der Waals surface area contributed by atoms with E-state index in [0.29, 0.717) is 18.1 Å². The molecule has 0 saturated heterocycles. The SMILES string of the molecule is Cc1nn(C)c(C)c1CC(=O)CC1CC2CCC1C2. The quantitative estimate of drug-likeness (QED) is 0.834. The van der Waals surface area contributed by atoms with Gasteiger partial charge in [0, 0.05) is 31.1 Å². The van der Waals surface area contributed by atoms with Crippen LogP contribution in [0.5, 0.6) is 0 Å². The summed E-state index contributed by atoms with van der Waals surface area (Å²) in [7, 11) is 1.95. The molecule has 3 unspecified atom stereocenters. The van der Waals surface area contributed by atoms with Gasteiger partial charge in [-0.25, -0.2) is 0 Å². The van der Waals surface area contributed by atoms with Gasteiger partial charge in [0.1, 0.15) is 5.78 Å². The zero-order valence-electron chi connectivity index (χ0n) is 12.3. The lowest BCUT2D eigenvalue weighted by Gasteiger charge is -2.20. The second kappa shape index (κ2) is 4.77. The Bertz CT molecular complexity index is 503. The predicted molar refractivity (Wildman–Crippen MR) is 74.9 cm³/mol. The summed E-state index contributed by atoms with van der Waals surface area (Å²) in [4.78, 5) is 12.3. The molecule has 0 spiro atoms. The number of carbonyl (C=O) groups excluding carboxylic acids is 1. The van der Waals surface area contributed by atoms with E-state index in [-0.39, 0.29) is 0 Å². The van der Waals surface area contributed by atoms with Crippen LogP contribution in [0, 0.1) is 31.6 Å². The van der Waals surface area contributed by atoms with Crippen LogP contribution < -0.4 is 0 Å². The summed E-state index contributed by atoms with van der Waals surface area (Å²) in [5.41, 5.74) is 3.30. The van der Waals surface area contributed by atoms with Crippen molar-refractivity contribution in [3.63, 3.8) is 0 Å². The Labute approximate surface area is 115 Å². The number of aryl methyl sites for hydroxylation is 2. The highest BCUT2D eigenvalue weighted by atomic mass is 16.1. The van der Waals surface area contributed by atoms with Crippen LogP contribution in [0.1, 0.15) is 49.1 Å². The van der Waals surface area contributed by atoms with Gasteiger partial charge in [-0.15, -0.1) is 0 Å². The number of fused-ring (bicyclic) bond motifs is 2. The van der Waals surface area contributed by atoms with E-state index >= 15 is 0 Å². The molecule has 19 heavy (non-hydrogen) atoms. The molecule has 3 atom stereocenters. The van der Waals surface area contributed by atoms with E-state index in [9.17, 15) is 4.79 Å². The predicted octanol–water partition coefficient (Wildman–Crippen LogP) is 2.97. The first-order chi connectivity index (χ1) is 9.04. The Morgan fingerprint density at radius 3 is 2.63 bits per heavy atom. The highest BCUT2D eigenvalue weighted by molar-refractivity contribution is 5.81. The highest BCUT2D eigenvalue weighted by Gasteiger charge is 2.40. The van der Waals surface area contributed by atoms with Crippen molar-refractivity contribution in [2.24, 2.45) is 24.8 Å². The maximum atomic E-state index is 12.3. The van der Waals surface area contributed by atoms with E-state index < -0.39 is 0 Å². The van der Waals surface area contributed by atoms with Crippen molar-refractivity contribution >= 4 is 5.78 Å². The summed E-state index contributed by atoms with van der Waals surface area (Å²) in [6.07, 6.45) is 6.86. The molecule has 1 heterocycles. The number of carbonyl (C=O) groups is 1. The second-order valence-corrected chi connectivity index (χ2v) is 6.63. The van der Waals surface area contributed by atoms with Crippen LogP contribution in [-0.4, -0.2) is 15.6 Å². The minimum absolute atomic E-state index is 0.414. The summed E-state index contributed by atoms with van der Waals surface area (Å²) in [6.45, 7) is 4.06. The highest BCUT2D eigenvalue weighted by Crippen LogP contribution is 2.49. The van der Waals surface area contributed by atoms with Gasteiger partial charge >= 0.3 is 0 Å². The fourth-order valence-corrected chi connectivity index (χ4v) is 4.26. The number of rotatable bonds is 4. The molecule has 2 aliphatic rings. The molecule has 0 aromatic carbocycles. The van der Waals surface area contributed by atoms with Crippen molar-refractivity contribution in [2.75, 3.05) is 0 Å². The first-order valence-electron chi connectivity index (χ1n) is 7.55. The van der Waals surface area contributed by atoms with E-state index in [1.54, 1.807) is 0 Å². The van der Waals surface area contributed by atoms with Crippen LogP contribution in [0.3, 0.4) is 0 Å². The molecule has 104 valence electrons. The summed E-state index contributed by atoms with van der Waals surface area (Å²) in [6, 6.07) is 0. The summed E-state index contributed by atoms with van der Waals surface area (Å²) >= 11 is 0. The molecule has 0 N–H and O–H groups in total. The van der Waals surface area contributed by atoms with Crippen LogP contribution in [0.4, 0.5) is 0 Å². The van der Waals surface area contributed by atoms with E-state index in [1.165, 1.54) is 25.7 Å². The molecule has 0 radical (unpaired) electrons. The third-order valence-corrected chi connectivity index (χ3v) is 5.41. The lowest BCUT2D eigenvalue weighted by molar-refractivity contribution is -0.119. The van der Waals surface area contributed by atoms with Gasteiger partial charge in [0.15, 0.2) is 0 Å². The Morgan fingerprint density at radius 2 is 2.11 bits per heavy atom. The van der Waals surface area contributed by atoms with Crippen LogP contribution in [0.15, 0.2) is 0 Å². The normalized spacial score (nSPS) is 29.1. The van der Waals surface area contributed by atoms with Crippen LogP contribution in [0.2, 0.25) is 0 Å². The molecule has 2 aliphatic carbocycles. The molecule has 2 saturated carbocycles. The molecule has 2 bridgehead atoms. The summed E-state index contributed by atoms with van der Waals surface area (Å²) in [5.74, 6) is 2.88. The first kappa shape index (κ1) is 12.9. The number of hydrogen-bond acceptors (Lipinski definition) is 2. The topological polar surface area (TPSA) is 34.9 Å². The number of hydrogen-bond donors (Lipinski definition) is 0. The number of ketones is 1. The zero-order valence-corrected chi connectivity index (χ0v) is 12.3. The maximum absolute atomic E-state index is 12.3. The number of nitrogens with zero attached hydrogens (tertiary/aromatic N) is 2. The Kier molecular flexibility index (Phi) is 3.23. The fourth-order valence-electron chi connectivity index (χ4n) is 4.26. The molecule has 3 rings (SSSR count). The summed E-state index contributed by atoms with van der Waals surface area (Å²) < 4.78 is 1.88. The van der Waals surface area contributed by atoms with E-state index in [2.05, 4.69) is 12.0 Å². The monoisotopic (exact) mass is 260 g/mol. The summed E-state index contributed by atoms with van der Waals surface area (Å²) in [5, 5.41) is 4.40. The first-order valence-corrected chi connectivity index (χ1v) is 7.55. The van der Waals surface area contributed by atoms with Crippen molar-refractivity contribution in [1.29, 1.82) is 0 Å². The smallest absolute Gasteiger partial charge is 0.137 e. The molecule has 2 fully saturated rings. The zero-order chi connectivity index (χ0) is 13.6. The van der Waals surface area contributed by atoms with Crippen molar-refractivity contribution < 1.29 is 4.79 Å². The van der Waals surface area contributed by atoms with Crippen LogP contribution in [-0.2, 0) is 18.3 Å². The minimum atomic E-state index is 0.414. The van der Waals surface area contributed by atoms with Crippen molar-refractivity contribution in [2.45, 2.75) is 52.4 Å². The van der Waals surface area contributed by atoms with Gasteiger partial charge in [0.25, 0.3) is 0 Å². The molecule has 0 aliphatic heterocycles. The molecule has 1 aromatic rings. The van der Waals surface area contributed by atoms with Gasteiger partial charge in [0.2, 0.25) is 0 Å². The molecule has 1 aromatic heterocycles. The van der Waals surface area contributed by atoms with E-state index in [1.807, 2.05) is 18.7 Å². The maximum Gasteiger partial charge on any atom is 0.137 e. The van der Waals surface area contributed by atoms with Gasteiger partial charge in [-0.3, -0.25) is 9.48 Å². The van der Waals surface area contributed by atoms with Gasteiger partial charge in [-0.1, -0.05) is 6.42 Å².